The van der Waals surface area contributed by atoms with Gasteiger partial charge < -0.3 is 4.74 Å². The molecule has 0 amide bonds. The second-order valence-electron chi connectivity index (χ2n) is 5.69. The lowest BCUT2D eigenvalue weighted by Crippen LogP contribution is -2.14. The number of esters is 1. The van der Waals surface area contributed by atoms with Crippen LogP contribution in [-0.4, -0.2) is 25.5 Å². The molecule has 134 valence electrons. The minimum absolute atomic E-state index is 0.130. The fraction of sp³-hybridized carbons (Fsp3) is 0.105. The van der Waals surface area contributed by atoms with E-state index >= 15 is 0 Å². The van der Waals surface area contributed by atoms with E-state index in [9.17, 15) is 13.2 Å². The Labute approximate surface area is 156 Å². The molecule has 26 heavy (non-hydrogen) atoms. The quantitative estimate of drug-likeness (QED) is 0.629. The van der Waals surface area contributed by atoms with Gasteiger partial charge in [0.2, 0.25) is 0 Å². The van der Waals surface area contributed by atoms with Crippen molar-refractivity contribution in [2.75, 3.05) is 7.11 Å². The number of hydrogen-bond acceptors (Lipinski definition) is 4. The molecule has 7 heteroatoms. The molecule has 3 aromatic rings. The Balaban J connectivity index is 2.25. The zero-order valence-electron chi connectivity index (χ0n) is 14.1. The van der Waals surface area contributed by atoms with Gasteiger partial charge in [0.25, 0.3) is 10.0 Å². The van der Waals surface area contributed by atoms with Crippen molar-refractivity contribution in [1.29, 1.82) is 0 Å². The van der Waals surface area contributed by atoms with Crippen molar-refractivity contribution >= 4 is 27.6 Å². The van der Waals surface area contributed by atoms with Gasteiger partial charge in [0.15, 0.2) is 0 Å². The van der Waals surface area contributed by atoms with Crippen LogP contribution in [0.15, 0.2) is 65.7 Å². The predicted octanol–water partition coefficient (Wildman–Crippen LogP) is 4.14. The Morgan fingerprint density at radius 1 is 1.00 bits per heavy atom. The van der Waals surface area contributed by atoms with Crippen molar-refractivity contribution < 1.29 is 17.9 Å². The number of rotatable bonds is 4. The fourth-order valence-electron chi connectivity index (χ4n) is 2.60. The minimum Gasteiger partial charge on any atom is -0.465 e. The highest BCUT2D eigenvalue weighted by molar-refractivity contribution is 7.90. The third-order valence-corrected chi connectivity index (χ3v) is 5.89. The second-order valence-corrected chi connectivity index (χ2v) is 7.94. The van der Waals surface area contributed by atoms with E-state index in [2.05, 4.69) is 0 Å². The number of ether oxygens (including phenoxy) is 1. The summed E-state index contributed by atoms with van der Waals surface area (Å²) in [5.41, 5.74) is 1.87. The summed E-state index contributed by atoms with van der Waals surface area (Å²) in [6.45, 7) is 1.88. The van der Waals surface area contributed by atoms with Crippen molar-refractivity contribution in [3.05, 3.63) is 76.9 Å². The van der Waals surface area contributed by atoms with Gasteiger partial charge in [-0.05, 0) is 37.3 Å². The maximum Gasteiger partial charge on any atom is 0.340 e. The number of aromatic nitrogens is 1. The lowest BCUT2D eigenvalue weighted by atomic mass is 10.1. The first kappa shape index (κ1) is 18.2. The SMILES string of the molecule is COC(=O)c1ccn(S(=O)(=O)c2ccc(C)cc2)c1-c1ccc(Cl)cc1. The van der Waals surface area contributed by atoms with Crippen molar-refractivity contribution in [3.63, 3.8) is 0 Å². The zero-order chi connectivity index (χ0) is 18.9. The molecular formula is C19H16ClNO4S. The van der Waals surface area contributed by atoms with E-state index in [1.165, 1.54) is 31.5 Å². The predicted molar refractivity (Wildman–Crippen MR) is 100.0 cm³/mol. The van der Waals surface area contributed by atoms with E-state index in [1.54, 1.807) is 36.4 Å². The topological polar surface area (TPSA) is 65.4 Å². The van der Waals surface area contributed by atoms with Gasteiger partial charge in [-0.3, -0.25) is 0 Å². The number of methoxy groups -OCH3 is 1. The van der Waals surface area contributed by atoms with Gasteiger partial charge in [-0.1, -0.05) is 41.4 Å². The maximum atomic E-state index is 13.1. The molecule has 0 aliphatic heterocycles. The zero-order valence-corrected chi connectivity index (χ0v) is 15.7. The van der Waals surface area contributed by atoms with Crippen LogP contribution in [0.25, 0.3) is 11.3 Å². The molecule has 0 bridgehead atoms. The Morgan fingerprint density at radius 3 is 2.19 bits per heavy atom. The first-order chi connectivity index (χ1) is 12.3. The number of hydrogen-bond donors (Lipinski definition) is 0. The summed E-state index contributed by atoms with van der Waals surface area (Å²) in [6.07, 6.45) is 1.35. The number of carbonyl (C=O) groups is 1. The van der Waals surface area contributed by atoms with Crippen molar-refractivity contribution in [3.8, 4) is 11.3 Å². The van der Waals surface area contributed by atoms with Crippen molar-refractivity contribution in [1.82, 2.24) is 3.97 Å². The lowest BCUT2D eigenvalue weighted by molar-refractivity contribution is 0.0602. The number of aryl methyl sites for hydroxylation is 1. The summed E-state index contributed by atoms with van der Waals surface area (Å²) in [4.78, 5) is 12.3. The minimum atomic E-state index is -3.89. The van der Waals surface area contributed by atoms with Crippen LogP contribution < -0.4 is 0 Å². The van der Waals surface area contributed by atoms with Gasteiger partial charge in [0.1, 0.15) is 0 Å². The fourth-order valence-corrected chi connectivity index (χ4v) is 4.10. The summed E-state index contributed by atoms with van der Waals surface area (Å²) >= 11 is 5.93. The third-order valence-electron chi connectivity index (χ3n) is 3.95. The molecule has 0 saturated carbocycles. The molecule has 0 saturated heterocycles. The molecule has 0 spiro atoms. The normalized spacial score (nSPS) is 11.3. The highest BCUT2D eigenvalue weighted by atomic mass is 35.5. The van der Waals surface area contributed by atoms with Gasteiger partial charge in [0.05, 0.1) is 23.3 Å². The van der Waals surface area contributed by atoms with Gasteiger partial charge in [-0.25, -0.2) is 17.2 Å². The Bertz CT molecular complexity index is 1050. The van der Waals surface area contributed by atoms with E-state index in [1.807, 2.05) is 6.92 Å². The van der Waals surface area contributed by atoms with Crippen molar-refractivity contribution in [2.24, 2.45) is 0 Å². The van der Waals surface area contributed by atoms with Crippen LogP contribution in [0.3, 0.4) is 0 Å². The van der Waals surface area contributed by atoms with Gasteiger partial charge in [0, 0.05) is 16.8 Å². The maximum absolute atomic E-state index is 13.1. The first-order valence-electron chi connectivity index (χ1n) is 7.72. The van der Waals surface area contributed by atoms with E-state index in [-0.39, 0.29) is 16.2 Å². The summed E-state index contributed by atoms with van der Waals surface area (Å²) < 4.78 is 32.1. The highest BCUT2D eigenvalue weighted by Crippen LogP contribution is 2.30. The third kappa shape index (κ3) is 3.25. The molecule has 0 unspecified atom stereocenters. The number of halogens is 1. The summed E-state index contributed by atoms with van der Waals surface area (Å²) in [6, 6.07) is 14.5. The molecular weight excluding hydrogens is 374 g/mol. The molecule has 1 heterocycles. The van der Waals surface area contributed by atoms with Crippen LogP contribution >= 0.6 is 11.6 Å². The molecule has 0 radical (unpaired) electrons. The monoisotopic (exact) mass is 389 g/mol. The van der Waals surface area contributed by atoms with Crippen LogP contribution in [-0.2, 0) is 14.8 Å². The van der Waals surface area contributed by atoms with Crippen LogP contribution in [0.4, 0.5) is 0 Å². The molecule has 2 aromatic carbocycles. The van der Waals surface area contributed by atoms with E-state index in [0.29, 0.717) is 10.6 Å². The summed E-state index contributed by atoms with van der Waals surface area (Å²) in [5.74, 6) is -0.618. The largest absolute Gasteiger partial charge is 0.465 e. The molecule has 0 aliphatic carbocycles. The molecule has 0 aliphatic rings. The van der Waals surface area contributed by atoms with Crippen LogP contribution in [0, 0.1) is 6.92 Å². The lowest BCUT2D eigenvalue weighted by Gasteiger charge is -2.12. The number of benzene rings is 2. The number of carbonyl (C=O) groups excluding carboxylic acids is 1. The van der Waals surface area contributed by atoms with Gasteiger partial charge in [-0.2, -0.15) is 0 Å². The average molecular weight is 390 g/mol. The molecule has 0 N–H and O–H groups in total. The van der Waals surface area contributed by atoms with Crippen LogP contribution in [0.2, 0.25) is 5.02 Å². The van der Waals surface area contributed by atoms with Crippen LogP contribution in [0.5, 0.6) is 0 Å². The standard InChI is InChI=1S/C19H16ClNO4S/c1-13-3-9-16(10-4-13)26(23,24)21-12-11-17(19(22)25-2)18(21)14-5-7-15(20)8-6-14/h3-12H,1-2H3. The van der Waals surface area contributed by atoms with E-state index in [4.69, 9.17) is 16.3 Å². The molecule has 1 aromatic heterocycles. The molecule has 0 atom stereocenters. The molecule has 0 fully saturated rings. The average Bonchev–Trinajstić information content (AvgIpc) is 3.08. The van der Waals surface area contributed by atoms with Crippen LogP contribution in [0.1, 0.15) is 15.9 Å². The highest BCUT2D eigenvalue weighted by Gasteiger charge is 2.26. The first-order valence-corrected chi connectivity index (χ1v) is 9.54. The van der Waals surface area contributed by atoms with E-state index in [0.717, 1.165) is 9.54 Å². The van der Waals surface area contributed by atoms with Crippen molar-refractivity contribution in [2.45, 2.75) is 11.8 Å². The Hall–Kier alpha value is -2.57. The van der Waals surface area contributed by atoms with Gasteiger partial charge in [-0.15, -0.1) is 0 Å². The Morgan fingerprint density at radius 2 is 1.62 bits per heavy atom. The Kier molecular flexibility index (Phi) is 4.89. The number of nitrogens with zero attached hydrogens (tertiary/aromatic N) is 1. The summed E-state index contributed by atoms with van der Waals surface area (Å²) in [5, 5.41) is 0.507. The molecule has 3 rings (SSSR count). The summed E-state index contributed by atoms with van der Waals surface area (Å²) in [7, 11) is -2.64. The smallest absolute Gasteiger partial charge is 0.340 e. The van der Waals surface area contributed by atoms with E-state index < -0.39 is 16.0 Å². The molecule has 5 nitrogen and oxygen atoms in total. The second kappa shape index (κ2) is 6.97. The van der Waals surface area contributed by atoms with Gasteiger partial charge >= 0.3 is 5.97 Å².